The fourth-order valence-electron chi connectivity index (χ4n) is 4.93. The van der Waals surface area contributed by atoms with E-state index >= 15 is 0 Å². The first-order chi connectivity index (χ1) is 15.4. The number of ether oxygens (including phenoxy) is 1. The summed E-state index contributed by atoms with van der Waals surface area (Å²) in [6, 6.07) is 16.1. The van der Waals surface area contributed by atoms with Crippen LogP contribution < -0.4 is 4.74 Å². The number of rotatable bonds is 7. The van der Waals surface area contributed by atoms with Gasteiger partial charge < -0.3 is 9.64 Å². The van der Waals surface area contributed by atoms with Crippen molar-refractivity contribution < 1.29 is 17.9 Å². The lowest BCUT2D eigenvalue weighted by Crippen LogP contribution is -2.28. The molecular formula is C24H26ClF3N4O. The van der Waals surface area contributed by atoms with Gasteiger partial charge in [0.15, 0.2) is 5.82 Å². The zero-order valence-electron chi connectivity index (χ0n) is 18.3. The number of nitrogens with zero attached hydrogens (tertiary/aromatic N) is 4. The lowest BCUT2D eigenvalue weighted by molar-refractivity contribution is -0.137. The highest BCUT2D eigenvalue weighted by Gasteiger charge is 2.60. The summed E-state index contributed by atoms with van der Waals surface area (Å²) < 4.78 is 46.2. The number of likely N-dealkylation sites (tertiary alicyclic amines) is 1. The molecule has 33 heavy (non-hydrogen) atoms. The van der Waals surface area contributed by atoms with Crippen LogP contribution in [0, 0.1) is 5.92 Å². The van der Waals surface area contributed by atoms with Crippen molar-refractivity contribution in [2.45, 2.75) is 24.4 Å². The van der Waals surface area contributed by atoms with Gasteiger partial charge in [-0.3, -0.25) is 4.57 Å². The van der Waals surface area contributed by atoms with E-state index in [4.69, 9.17) is 4.74 Å². The van der Waals surface area contributed by atoms with Crippen molar-refractivity contribution in [3.05, 3.63) is 65.7 Å². The van der Waals surface area contributed by atoms with Crippen molar-refractivity contribution in [1.29, 1.82) is 0 Å². The normalized spacial score (nSPS) is 22.0. The van der Waals surface area contributed by atoms with Crippen molar-refractivity contribution in [1.82, 2.24) is 19.7 Å². The minimum absolute atomic E-state index is 0. The molecule has 2 heterocycles. The van der Waals surface area contributed by atoms with E-state index in [0.29, 0.717) is 18.5 Å². The molecule has 176 valence electrons. The summed E-state index contributed by atoms with van der Waals surface area (Å²) in [6.45, 7) is 3.31. The van der Waals surface area contributed by atoms with Gasteiger partial charge in [0.05, 0.1) is 12.2 Å². The number of hydrogen-bond acceptors (Lipinski definition) is 4. The van der Waals surface area contributed by atoms with Crippen LogP contribution in [0.15, 0.2) is 54.6 Å². The van der Waals surface area contributed by atoms with Crippen LogP contribution in [0.1, 0.15) is 24.0 Å². The minimum Gasteiger partial charge on any atom is -0.464 e. The Labute approximate surface area is 197 Å². The maximum atomic E-state index is 12.8. The van der Waals surface area contributed by atoms with Crippen LogP contribution in [-0.4, -0.2) is 45.9 Å². The number of alkyl halides is 3. The second-order valence-electron chi connectivity index (χ2n) is 8.80. The molecule has 2 aliphatic rings. The molecule has 0 spiro atoms. The van der Waals surface area contributed by atoms with Gasteiger partial charge in [-0.15, -0.1) is 17.5 Å². The predicted molar refractivity (Wildman–Crippen MR) is 121 cm³/mol. The molecule has 0 bridgehead atoms. The molecule has 1 aromatic heterocycles. The van der Waals surface area contributed by atoms with Crippen LogP contribution in [0.2, 0.25) is 0 Å². The fourth-order valence-corrected chi connectivity index (χ4v) is 4.93. The molecule has 2 aromatic carbocycles. The fraction of sp³-hybridized carbons (Fsp3) is 0.417. The maximum absolute atomic E-state index is 12.8. The SMILES string of the molecule is Cl.Cn1c(OCCCN2C[C@@H]3CC3(c3ccc(C(F)(F)F)cc3)C2)nnc1-c1ccccc1. The standard InChI is InChI=1S/C24H25F3N4O.ClH/c1-30-21(17-6-3-2-4-7-17)28-29-22(30)32-13-5-12-31-15-20-14-23(20,16-31)18-8-10-19(11-9-18)24(25,26)27;/h2-4,6-11,20H,5,12-16H2,1H3;1H/t20-,23?;/m0./s1. The zero-order chi connectivity index (χ0) is 22.3. The van der Waals surface area contributed by atoms with Crippen molar-refractivity contribution in [2.24, 2.45) is 13.0 Å². The number of benzene rings is 2. The monoisotopic (exact) mass is 478 g/mol. The Morgan fingerprint density at radius 3 is 2.48 bits per heavy atom. The third kappa shape index (κ3) is 4.59. The van der Waals surface area contributed by atoms with E-state index in [0.717, 1.165) is 49.4 Å². The molecule has 1 unspecified atom stereocenters. The predicted octanol–water partition coefficient (Wildman–Crippen LogP) is 4.97. The molecule has 5 nitrogen and oxygen atoms in total. The van der Waals surface area contributed by atoms with Gasteiger partial charge in [0.1, 0.15) is 0 Å². The average Bonchev–Trinajstić information content (AvgIpc) is 3.16. The Balaban J connectivity index is 0.00000259. The van der Waals surface area contributed by atoms with Crippen molar-refractivity contribution in [2.75, 3.05) is 26.2 Å². The quantitative estimate of drug-likeness (QED) is 0.450. The van der Waals surface area contributed by atoms with E-state index in [1.54, 1.807) is 12.1 Å². The van der Waals surface area contributed by atoms with Gasteiger partial charge in [-0.05, 0) is 36.5 Å². The van der Waals surface area contributed by atoms with Gasteiger partial charge in [-0.1, -0.05) is 47.6 Å². The van der Waals surface area contributed by atoms with Crippen molar-refractivity contribution in [3.8, 4) is 17.4 Å². The van der Waals surface area contributed by atoms with Gasteiger partial charge in [0, 0.05) is 37.7 Å². The summed E-state index contributed by atoms with van der Waals surface area (Å²) in [4.78, 5) is 2.39. The highest BCUT2D eigenvalue weighted by atomic mass is 35.5. The number of fused-ring (bicyclic) bond motifs is 1. The first-order valence-corrected chi connectivity index (χ1v) is 10.8. The highest BCUT2D eigenvalue weighted by Crippen LogP contribution is 2.59. The third-order valence-corrected chi connectivity index (χ3v) is 6.72. The largest absolute Gasteiger partial charge is 0.464 e. The smallest absolute Gasteiger partial charge is 0.416 e. The van der Waals surface area contributed by atoms with E-state index in [2.05, 4.69) is 15.1 Å². The van der Waals surface area contributed by atoms with E-state index in [1.165, 1.54) is 12.1 Å². The molecule has 3 aromatic rings. The van der Waals surface area contributed by atoms with Gasteiger partial charge >= 0.3 is 12.2 Å². The Hall–Kier alpha value is -2.58. The molecule has 1 saturated heterocycles. The lowest BCUT2D eigenvalue weighted by atomic mass is 9.94. The Bertz CT molecular complexity index is 1090. The van der Waals surface area contributed by atoms with Crippen LogP contribution in [-0.2, 0) is 18.6 Å². The van der Waals surface area contributed by atoms with Gasteiger partial charge in [0.2, 0.25) is 0 Å². The summed E-state index contributed by atoms with van der Waals surface area (Å²) in [5, 5.41) is 8.38. The lowest BCUT2D eigenvalue weighted by Gasteiger charge is -2.21. The topological polar surface area (TPSA) is 43.2 Å². The summed E-state index contributed by atoms with van der Waals surface area (Å²) >= 11 is 0. The molecule has 2 atom stereocenters. The van der Waals surface area contributed by atoms with Crippen LogP contribution in [0.3, 0.4) is 0 Å². The summed E-state index contributed by atoms with van der Waals surface area (Å²) in [6.07, 6.45) is -2.37. The summed E-state index contributed by atoms with van der Waals surface area (Å²) in [7, 11) is 1.89. The molecule has 0 radical (unpaired) electrons. The van der Waals surface area contributed by atoms with Crippen LogP contribution in [0.25, 0.3) is 11.4 Å². The van der Waals surface area contributed by atoms with Crippen LogP contribution >= 0.6 is 12.4 Å². The molecule has 5 rings (SSSR count). The third-order valence-electron chi connectivity index (χ3n) is 6.72. The van der Waals surface area contributed by atoms with Crippen molar-refractivity contribution in [3.63, 3.8) is 0 Å². The van der Waals surface area contributed by atoms with Gasteiger partial charge in [-0.25, -0.2) is 0 Å². The van der Waals surface area contributed by atoms with Gasteiger partial charge in [0.25, 0.3) is 0 Å². The molecule has 1 aliphatic heterocycles. The van der Waals surface area contributed by atoms with E-state index in [1.807, 2.05) is 41.9 Å². The van der Waals surface area contributed by atoms with E-state index < -0.39 is 11.7 Å². The Morgan fingerprint density at radius 1 is 1.06 bits per heavy atom. The van der Waals surface area contributed by atoms with E-state index in [-0.39, 0.29) is 17.8 Å². The second-order valence-corrected chi connectivity index (χ2v) is 8.80. The maximum Gasteiger partial charge on any atom is 0.416 e. The minimum atomic E-state index is -4.29. The first-order valence-electron chi connectivity index (χ1n) is 10.8. The van der Waals surface area contributed by atoms with Crippen LogP contribution in [0.5, 0.6) is 6.01 Å². The van der Waals surface area contributed by atoms with E-state index in [9.17, 15) is 13.2 Å². The Morgan fingerprint density at radius 2 is 1.79 bits per heavy atom. The summed E-state index contributed by atoms with van der Waals surface area (Å²) in [5.41, 5.74) is 1.46. The van der Waals surface area contributed by atoms with Gasteiger partial charge in [-0.2, -0.15) is 13.2 Å². The number of piperidine rings is 1. The highest BCUT2D eigenvalue weighted by molar-refractivity contribution is 5.85. The zero-order valence-corrected chi connectivity index (χ0v) is 19.1. The van der Waals surface area contributed by atoms with Crippen molar-refractivity contribution >= 4 is 12.4 Å². The molecule has 9 heteroatoms. The second kappa shape index (κ2) is 8.99. The Kier molecular flexibility index (Phi) is 6.42. The average molecular weight is 479 g/mol. The van der Waals surface area contributed by atoms with Crippen LogP contribution in [0.4, 0.5) is 13.2 Å². The number of aromatic nitrogens is 3. The number of hydrogen-bond donors (Lipinski definition) is 0. The molecular weight excluding hydrogens is 453 g/mol. The molecule has 0 N–H and O–H groups in total. The first kappa shape index (κ1) is 23.6. The molecule has 1 saturated carbocycles. The molecule has 2 fully saturated rings. The molecule has 0 amide bonds. The number of halogens is 4. The summed E-state index contributed by atoms with van der Waals surface area (Å²) in [5.74, 6) is 1.30. The molecule has 1 aliphatic carbocycles.